The van der Waals surface area contributed by atoms with Crippen LogP contribution in [0.2, 0.25) is 5.02 Å². The lowest BCUT2D eigenvalue weighted by Crippen LogP contribution is -2.16. The number of anilines is 1. The molecule has 0 unspecified atom stereocenters. The van der Waals surface area contributed by atoms with Gasteiger partial charge in [0.1, 0.15) is 5.82 Å². The van der Waals surface area contributed by atoms with Crippen molar-refractivity contribution in [2.45, 2.75) is 6.92 Å². The summed E-state index contributed by atoms with van der Waals surface area (Å²) in [5.74, 6) is -2.00. The third kappa shape index (κ3) is 3.06. The zero-order chi connectivity index (χ0) is 14.0. The summed E-state index contributed by atoms with van der Waals surface area (Å²) in [6.45, 7) is 1.66. The van der Waals surface area contributed by atoms with Gasteiger partial charge in [-0.2, -0.15) is 0 Å². The van der Waals surface area contributed by atoms with E-state index >= 15 is 0 Å². The number of aryl methyl sites for hydroxylation is 1. The van der Waals surface area contributed by atoms with E-state index in [2.05, 4.69) is 10.3 Å². The number of carbonyl (C=O) groups excluding carboxylic acids is 1. The smallest absolute Gasteiger partial charge is 0.277 e. The number of halogens is 3. The number of pyridine rings is 1. The number of nitrogens with zero attached hydrogens (tertiary/aromatic N) is 1. The van der Waals surface area contributed by atoms with Crippen LogP contribution in [0.3, 0.4) is 0 Å². The molecule has 1 amide bonds. The van der Waals surface area contributed by atoms with Crippen LogP contribution in [0, 0.1) is 18.6 Å². The Balaban J connectivity index is 2.25. The van der Waals surface area contributed by atoms with Crippen molar-refractivity contribution in [1.29, 1.82) is 0 Å². The minimum atomic E-state index is -0.744. The first kappa shape index (κ1) is 13.4. The molecule has 0 aliphatic rings. The van der Waals surface area contributed by atoms with Crippen LogP contribution in [0.25, 0.3) is 0 Å². The molecule has 0 bridgehead atoms. The molecule has 3 nitrogen and oxygen atoms in total. The van der Waals surface area contributed by atoms with Crippen molar-refractivity contribution in [3.63, 3.8) is 0 Å². The molecule has 2 rings (SSSR count). The minimum absolute atomic E-state index is 0.0286. The molecule has 0 saturated heterocycles. The second kappa shape index (κ2) is 5.32. The highest BCUT2D eigenvalue weighted by atomic mass is 35.5. The summed E-state index contributed by atoms with van der Waals surface area (Å²) in [6, 6.07) is 4.69. The monoisotopic (exact) mass is 282 g/mol. The van der Waals surface area contributed by atoms with Crippen molar-refractivity contribution in [2.24, 2.45) is 0 Å². The maximum atomic E-state index is 13.6. The first-order valence-electron chi connectivity index (χ1n) is 5.36. The topological polar surface area (TPSA) is 42.0 Å². The van der Waals surface area contributed by atoms with Gasteiger partial charge in [-0.15, -0.1) is 0 Å². The molecule has 0 radical (unpaired) electrons. The predicted octanol–water partition coefficient (Wildman–Crippen LogP) is 3.57. The van der Waals surface area contributed by atoms with E-state index < -0.39 is 17.5 Å². The van der Waals surface area contributed by atoms with E-state index in [1.54, 1.807) is 6.92 Å². The molecule has 0 atom stereocenters. The van der Waals surface area contributed by atoms with E-state index in [-0.39, 0.29) is 16.4 Å². The van der Waals surface area contributed by atoms with Crippen LogP contribution in [0.1, 0.15) is 16.1 Å². The standard InChI is InChI=1S/C13H9ClF2N2O/c1-7-4-10(16)12(17-6-7)13(19)18-11-3-2-8(15)5-9(11)14/h2-6H,1H3,(H,18,19). The number of benzene rings is 1. The summed E-state index contributed by atoms with van der Waals surface area (Å²) in [4.78, 5) is 15.5. The van der Waals surface area contributed by atoms with Crippen molar-refractivity contribution in [3.8, 4) is 0 Å². The summed E-state index contributed by atoms with van der Waals surface area (Å²) < 4.78 is 26.4. The molecular weight excluding hydrogens is 274 g/mol. The Morgan fingerprint density at radius 2 is 2.05 bits per heavy atom. The average Bonchev–Trinajstić information content (AvgIpc) is 2.32. The number of aromatic nitrogens is 1. The maximum Gasteiger partial charge on any atom is 0.277 e. The van der Waals surface area contributed by atoms with Crippen LogP contribution < -0.4 is 5.32 Å². The Morgan fingerprint density at radius 3 is 2.68 bits per heavy atom. The maximum absolute atomic E-state index is 13.6. The molecule has 1 aromatic heterocycles. The third-order valence-electron chi connectivity index (χ3n) is 2.37. The van der Waals surface area contributed by atoms with Crippen LogP contribution in [0.15, 0.2) is 30.5 Å². The summed E-state index contributed by atoms with van der Waals surface area (Å²) in [5.41, 5.74) is 0.453. The third-order valence-corrected chi connectivity index (χ3v) is 2.69. The van der Waals surface area contributed by atoms with E-state index in [1.165, 1.54) is 18.3 Å². The minimum Gasteiger partial charge on any atom is -0.319 e. The molecule has 98 valence electrons. The van der Waals surface area contributed by atoms with Gasteiger partial charge in [-0.3, -0.25) is 4.79 Å². The molecule has 6 heteroatoms. The first-order chi connectivity index (χ1) is 8.97. The molecule has 0 aliphatic heterocycles. The van der Waals surface area contributed by atoms with Crippen molar-refractivity contribution < 1.29 is 13.6 Å². The van der Waals surface area contributed by atoms with Gasteiger partial charge in [0.25, 0.3) is 5.91 Å². The van der Waals surface area contributed by atoms with E-state index in [9.17, 15) is 13.6 Å². The number of hydrogen-bond acceptors (Lipinski definition) is 2. The molecule has 1 aromatic carbocycles. The molecule has 19 heavy (non-hydrogen) atoms. The number of rotatable bonds is 2. The van der Waals surface area contributed by atoms with Gasteiger partial charge >= 0.3 is 0 Å². The molecule has 0 spiro atoms. The highest BCUT2D eigenvalue weighted by molar-refractivity contribution is 6.33. The van der Waals surface area contributed by atoms with Crippen molar-refractivity contribution in [1.82, 2.24) is 4.98 Å². The molecular formula is C13H9ClF2N2O. The fourth-order valence-electron chi connectivity index (χ4n) is 1.47. The van der Waals surface area contributed by atoms with Gasteiger partial charge in [0.2, 0.25) is 0 Å². The first-order valence-corrected chi connectivity index (χ1v) is 5.73. The summed E-state index contributed by atoms with van der Waals surface area (Å²) >= 11 is 5.76. The Labute approximate surface area is 113 Å². The fourth-order valence-corrected chi connectivity index (χ4v) is 1.69. The summed E-state index contributed by atoms with van der Waals surface area (Å²) in [6.07, 6.45) is 1.38. The lowest BCUT2D eigenvalue weighted by atomic mass is 10.2. The zero-order valence-corrected chi connectivity index (χ0v) is 10.6. The van der Waals surface area contributed by atoms with Gasteiger partial charge < -0.3 is 5.32 Å². The predicted molar refractivity (Wildman–Crippen MR) is 68.3 cm³/mol. The Morgan fingerprint density at radius 1 is 1.32 bits per heavy atom. The largest absolute Gasteiger partial charge is 0.319 e. The molecule has 1 N–H and O–H groups in total. The molecule has 0 fully saturated rings. The van der Waals surface area contributed by atoms with Crippen LogP contribution in [0.5, 0.6) is 0 Å². The Bertz CT molecular complexity index is 647. The van der Waals surface area contributed by atoms with Crippen LogP contribution >= 0.6 is 11.6 Å². The number of amides is 1. The Kier molecular flexibility index (Phi) is 3.76. The zero-order valence-electron chi connectivity index (χ0n) is 9.88. The highest BCUT2D eigenvalue weighted by Crippen LogP contribution is 2.23. The Hall–Kier alpha value is -2.01. The number of nitrogens with one attached hydrogen (secondary N) is 1. The SMILES string of the molecule is Cc1cnc(C(=O)Nc2ccc(F)cc2Cl)c(F)c1. The average molecular weight is 283 g/mol. The van der Waals surface area contributed by atoms with Crippen molar-refractivity contribution in [3.05, 3.63) is 58.4 Å². The van der Waals surface area contributed by atoms with Crippen LogP contribution in [0.4, 0.5) is 14.5 Å². The summed E-state index contributed by atoms with van der Waals surface area (Å²) in [5, 5.41) is 2.40. The molecule has 0 aliphatic carbocycles. The normalized spacial score (nSPS) is 10.3. The van der Waals surface area contributed by atoms with Gasteiger partial charge in [0.05, 0.1) is 10.7 Å². The van der Waals surface area contributed by atoms with Gasteiger partial charge in [-0.05, 0) is 36.8 Å². The van der Waals surface area contributed by atoms with E-state index in [0.717, 1.165) is 12.1 Å². The number of hydrogen-bond donors (Lipinski definition) is 1. The van der Waals surface area contributed by atoms with Crippen molar-refractivity contribution >= 4 is 23.2 Å². The van der Waals surface area contributed by atoms with E-state index in [1.807, 2.05) is 0 Å². The lowest BCUT2D eigenvalue weighted by molar-refractivity contribution is 0.101. The van der Waals surface area contributed by atoms with Crippen LogP contribution in [-0.2, 0) is 0 Å². The second-order valence-corrected chi connectivity index (χ2v) is 4.33. The van der Waals surface area contributed by atoms with Crippen molar-refractivity contribution in [2.75, 3.05) is 5.32 Å². The quantitative estimate of drug-likeness (QED) is 0.915. The molecule has 0 saturated carbocycles. The highest BCUT2D eigenvalue weighted by Gasteiger charge is 2.15. The van der Waals surface area contributed by atoms with Gasteiger partial charge in [0.15, 0.2) is 11.5 Å². The number of carbonyl (C=O) groups is 1. The van der Waals surface area contributed by atoms with Crippen LogP contribution in [-0.4, -0.2) is 10.9 Å². The van der Waals surface area contributed by atoms with Gasteiger partial charge in [0, 0.05) is 6.20 Å². The van der Waals surface area contributed by atoms with Gasteiger partial charge in [-0.1, -0.05) is 11.6 Å². The second-order valence-electron chi connectivity index (χ2n) is 3.92. The summed E-state index contributed by atoms with van der Waals surface area (Å²) in [7, 11) is 0. The lowest BCUT2D eigenvalue weighted by Gasteiger charge is -2.07. The van der Waals surface area contributed by atoms with E-state index in [0.29, 0.717) is 5.56 Å². The van der Waals surface area contributed by atoms with Gasteiger partial charge in [-0.25, -0.2) is 13.8 Å². The molecule has 2 aromatic rings. The van der Waals surface area contributed by atoms with E-state index in [4.69, 9.17) is 11.6 Å². The fraction of sp³-hybridized carbons (Fsp3) is 0.0769. The molecule has 1 heterocycles.